The van der Waals surface area contributed by atoms with Crippen molar-refractivity contribution in [2.45, 2.75) is 135 Å². The van der Waals surface area contributed by atoms with Gasteiger partial charge in [-0.15, -0.1) is 11.6 Å². The molecule has 0 N–H and O–H groups in total. The second-order valence-electron chi connectivity index (χ2n) is 12.3. The molecule has 0 rings (SSSR count). The number of halogens is 1. The summed E-state index contributed by atoms with van der Waals surface area (Å²) in [6.07, 6.45) is 26.8. The fraction of sp³-hybridized carbons (Fsp3) is 1.00. The summed E-state index contributed by atoms with van der Waals surface area (Å²) in [6.45, 7) is 12.0. The first-order valence-corrected chi connectivity index (χ1v) is 20.1. The molecule has 0 amide bonds. The van der Waals surface area contributed by atoms with Gasteiger partial charge in [-0.1, -0.05) is 116 Å². The van der Waals surface area contributed by atoms with Gasteiger partial charge in [-0.05, 0) is 19.3 Å². The van der Waals surface area contributed by atoms with E-state index in [0.29, 0.717) is 92.5 Å². The molecule has 0 aliphatic rings. The highest BCUT2D eigenvalue weighted by Gasteiger charge is 1.97. The first-order chi connectivity index (χ1) is 23.4. The Hall–Kier alpha value is -0.0300. The van der Waals surface area contributed by atoms with Crippen molar-refractivity contribution in [3.63, 3.8) is 0 Å². The lowest BCUT2D eigenvalue weighted by molar-refractivity contribution is -0.0232. The molecule has 8 nitrogen and oxygen atoms in total. The molecule has 0 bridgehead atoms. The van der Waals surface area contributed by atoms with E-state index < -0.39 is 0 Å². The average Bonchev–Trinajstić information content (AvgIpc) is 3.08. The number of rotatable bonds is 44. The molecule has 0 aromatic carbocycles. The van der Waals surface area contributed by atoms with Crippen LogP contribution >= 0.6 is 11.6 Å². The number of hydrogen-bond acceptors (Lipinski definition) is 8. The van der Waals surface area contributed by atoms with Crippen molar-refractivity contribution in [1.29, 1.82) is 0 Å². The quantitative estimate of drug-likeness (QED) is 0.0461. The van der Waals surface area contributed by atoms with Crippen LogP contribution in [0.15, 0.2) is 0 Å². The van der Waals surface area contributed by atoms with Crippen LogP contribution < -0.4 is 0 Å². The summed E-state index contributed by atoms with van der Waals surface area (Å²) in [5.74, 6) is 0.751. The monoisotopic (exact) mass is 697 g/mol. The molecule has 0 heterocycles. The summed E-state index contributed by atoms with van der Waals surface area (Å²) in [6, 6.07) is 0. The lowest BCUT2D eigenvalue weighted by atomic mass is 10.0. The number of alkyl halides is 1. The zero-order chi connectivity index (χ0) is 33.8. The average molecular weight is 697 g/mol. The molecular weight excluding hydrogens is 620 g/mol. The van der Waals surface area contributed by atoms with E-state index in [1.54, 1.807) is 0 Å². The van der Waals surface area contributed by atoms with E-state index in [0.717, 1.165) is 38.4 Å². The highest BCUT2D eigenvalue weighted by molar-refractivity contribution is 6.17. The van der Waals surface area contributed by atoms with Gasteiger partial charge in [-0.3, -0.25) is 0 Å². The molecule has 0 saturated heterocycles. The van der Waals surface area contributed by atoms with Crippen LogP contribution in [0.3, 0.4) is 0 Å². The zero-order valence-electron chi connectivity index (χ0n) is 30.8. The van der Waals surface area contributed by atoms with Gasteiger partial charge in [0.05, 0.1) is 92.5 Å². The van der Waals surface area contributed by atoms with Crippen LogP contribution in [0.1, 0.15) is 135 Å². The SMILES string of the molecule is CCCCCCCCCCCCCCCCCCOCCOCCOCCOCCOCCOCCOCCOCCCCCCCl. The largest absolute Gasteiger partial charge is 0.379 e. The van der Waals surface area contributed by atoms with Gasteiger partial charge in [0.15, 0.2) is 0 Å². The van der Waals surface area contributed by atoms with E-state index in [1.807, 2.05) is 0 Å². The molecule has 0 spiro atoms. The Morgan fingerprint density at radius 3 is 0.660 bits per heavy atom. The summed E-state index contributed by atoms with van der Waals surface area (Å²) in [7, 11) is 0. The van der Waals surface area contributed by atoms with Crippen LogP contribution in [0.2, 0.25) is 0 Å². The van der Waals surface area contributed by atoms with E-state index in [2.05, 4.69) is 6.92 Å². The third kappa shape index (κ3) is 46.0. The predicted octanol–water partition coefficient (Wildman–Crippen LogP) is 9.18. The minimum atomic E-state index is 0.547. The van der Waals surface area contributed by atoms with Gasteiger partial charge in [0.25, 0.3) is 0 Å². The minimum absolute atomic E-state index is 0.547. The van der Waals surface area contributed by atoms with E-state index in [-0.39, 0.29) is 0 Å². The predicted molar refractivity (Wildman–Crippen MR) is 195 cm³/mol. The lowest BCUT2D eigenvalue weighted by Gasteiger charge is -2.09. The Kier molecular flexibility index (Phi) is 45.9. The number of hydrogen-bond donors (Lipinski definition) is 0. The molecule has 0 unspecified atom stereocenters. The molecule has 0 radical (unpaired) electrons. The smallest absolute Gasteiger partial charge is 0.0701 e. The Morgan fingerprint density at radius 2 is 0.426 bits per heavy atom. The first-order valence-electron chi connectivity index (χ1n) is 19.6. The van der Waals surface area contributed by atoms with Gasteiger partial charge in [-0.25, -0.2) is 0 Å². The fourth-order valence-electron chi connectivity index (χ4n) is 5.05. The topological polar surface area (TPSA) is 73.8 Å². The van der Waals surface area contributed by atoms with Gasteiger partial charge in [0.1, 0.15) is 0 Å². The molecule has 284 valence electrons. The van der Waals surface area contributed by atoms with Crippen LogP contribution in [-0.4, -0.2) is 112 Å². The summed E-state index contributed by atoms with van der Waals surface area (Å²) in [4.78, 5) is 0. The van der Waals surface area contributed by atoms with Crippen molar-refractivity contribution < 1.29 is 37.9 Å². The standard InChI is InChI=1S/C38H77ClO8/c1-2-3-4-5-6-7-8-9-10-11-12-13-14-15-17-20-23-40-25-27-42-29-31-44-33-35-46-37-38-47-36-34-45-32-30-43-28-26-41-24-21-18-16-19-22-39/h2-38H2,1H3. The minimum Gasteiger partial charge on any atom is -0.379 e. The van der Waals surface area contributed by atoms with Crippen LogP contribution in [0, 0.1) is 0 Å². The maximum atomic E-state index is 5.69. The number of unbranched alkanes of at least 4 members (excludes halogenated alkanes) is 18. The molecule has 0 aromatic rings. The van der Waals surface area contributed by atoms with Crippen molar-refractivity contribution in [3.05, 3.63) is 0 Å². The first kappa shape index (κ1) is 47.0. The molecule has 47 heavy (non-hydrogen) atoms. The van der Waals surface area contributed by atoms with Gasteiger partial charge >= 0.3 is 0 Å². The van der Waals surface area contributed by atoms with Crippen LogP contribution in [0.4, 0.5) is 0 Å². The second-order valence-corrected chi connectivity index (χ2v) is 12.7. The normalized spacial score (nSPS) is 11.6. The summed E-state index contributed by atoms with van der Waals surface area (Å²) < 4.78 is 44.4. The maximum Gasteiger partial charge on any atom is 0.0701 e. The van der Waals surface area contributed by atoms with Crippen molar-refractivity contribution in [2.75, 3.05) is 112 Å². The van der Waals surface area contributed by atoms with Gasteiger partial charge in [0, 0.05) is 19.1 Å². The second kappa shape index (κ2) is 46.0. The van der Waals surface area contributed by atoms with Crippen molar-refractivity contribution in [3.8, 4) is 0 Å². The van der Waals surface area contributed by atoms with Crippen molar-refractivity contribution in [2.24, 2.45) is 0 Å². The molecule has 0 saturated carbocycles. The van der Waals surface area contributed by atoms with Gasteiger partial charge in [-0.2, -0.15) is 0 Å². The van der Waals surface area contributed by atoms with Crippen LogP contribution in [0.5, 0.6) is 0 Å². The molecule has 0 fully saturated rings. The molecular formula is C38H77ClO8. The Balaban J connectivity index is 3.03. The number of ether oxygens (including phenoxy) is 8. The lowest BCUT2D eigenvalue weighted by Crippen LogP contribution is -2.15. The zero-order valence-corrected chi connectivity index (χ0v) is 31.6. The summed E-state index contributed by atoms with van der Waals surface area (Å²) in [5.41, 5.74) is 0. The van der Waals surface area contributed by atoms with E-state index >= 15 is 0 Å². The Labute approximate surface area is 295 Å². The Bertz CT molecular complexity index is 488. The molecule has 0 aliphatic carbocycles. The summed E-state index contributed by atoms with van der Waals surface area (Å²) in [5, 5.41) is 0. The maximum absolute atomic E-state index is 5.69. The van der Waals surface area contributed by atoms with Crippen molar-refractivity contribution >= 4 is 11.6 Å². The van der Waals surface area contributed by atoms with Crippen LogP contribution in [0.25, 0.3) is 0 Å². The van der Waals surface area contributed by atoms with E-state index in [1.165, 1.54) is 109 Å². The third-order valence-electron chi connectivity index (χ3n) is 7.92. The van der Waals surface area contributed by atoms with E-state index in [9.17, 15) is 0 Å². The molecule has 0 aliphatic heterocycles. The van der Waals surface area contributed by atoms with E-state index in [4.69, 9.17) is 49.5 Å². The van der Waals surface area contributed by atoms with Crippen LogP contribution in [-0.2, 0) is 37.9 Å². The third-order valence-corrected chi connectivity index (χ3v) is 8.19. The van der Waals surface area contributed by atoms with Gasteiger partial charge < -0.3 is 37.9 Å². The molecule has 0 atom stereocenters. The highest BCUT2D eigenvalue weighted by atomic mass is 35.5. The van der Waals surface area contributed by atoms with Crippen molar-refractivity contribution in [1.82, 2.24) is 0 Å². The summed E-state index contributed by atoms with van der Waals surface area (Å²) >= 11 is 5.66. The molecule has 0 aromatic heterocycles. The Morgan fingerprint density at radius 1 is 0.234 bits per heavy atom. The molecule has 9 heteroatoms. The van der Waals surface area contributed by atoms with Gasteiger partial charge in [0.2, 0.25) is 0 Å². The fourth-order valence-corrected chi connectivity index (χ4v) is 5.23. The highest BCUT2D eigenvalue weighted by Crippen LogP contribution is 2.13.